The monoisotopic (exact) mass is 291 g/mol. The van der Waals surface area contributed by atoms with E-state index >= 15 is 0 Å². The third kappa shape index (κ3) is 5.36. The van der Waals surface area contributed by atoms with Crippen molar-refractivity contribution in [2.24, 2.45) is 0 Å². The highest BCUT2D eigenvalue weighted by Crippen LogP contribution is 2.13. The van der Waals surface area contributed by atoms with E-state index in [0.29, 0.717) is 6.54 Å². The first-order valence-electron chi connectivity index (χ1n) is 7.59. The number of piperazine rings is 1. The van der Waals surface area contributed by atoms with Crippen molar-refractivity contribution in [3.63, 3.8) is 0 Å². The lowest BCUT2D eigenvalue weighted by molar-refractivity contribution is -0.127. The van der Waals surface area contributed by atoms with Crippen molar-refractivity contribution in [1.82, 2.24) is 15.5 Å². The molecule has 2 rings (SSSR count). The van der Waals surface area contributed by atoms with E-state index in [2.05, 4.69) is 15.5 Å². The number of hydrogen-bond acceptors (Lipinski definition) is 4. The first-order valence-corrected chi connectivity index (χ1v) is 7.59. The molecule has 1 amide bonds. The van der Waals surface area contributed by atoms with Gasteiger partial charge in [-0.2, -0.15) is 0 Å². The Bertz CT molecular complexity index is 441. The number of carbonyl (C=O) groups excluding carboxylic acids is 1. The van der Waals surface area contributed by atoms with Crippen molar-refractivity contribution in [3.8, 4) is 5.75 Å². The molecule has 1 aromatic rings. The molecule has 1 saturated heterocycles. The number of ether oxygens (including phenoxy) is 1. The van der Waals surface area contributed by atoms with Gasteiger partial charge in [-0.1, -0.05) is 17.7 Å². The standard InChI is InChI=1S/C16H25N3O2/c1-13-3-5-15(6-4-13)21-14(2)16(20)18-9-12-19-10-7-17-8-11-19/h3-6,14,17H,7-12H2,1-2H3,(H,18,20). The average Bonchev–Trinajstić information content (AvgIpc) is 2.50. The zero-order valence-corrected chi connectivity index (χ0v) is 12.9. The first-order chi connectivity index (χ1) is 10.1. The fraction of sp³-hybridized carbons (Fsp3) is 0.562. The molecule has 1 heterocycles. The number of nitrogens with one attached hydrogen (secondary N) is 2. The average molecular weight is 291 g/mol. The van der Waals surface area contributed by atoms with Gasteiger partial charge in [0.2, 0.25) is 0 Å². The summed E-state index contributed by atoms with van der Waals surface area (Å²) in [7, 11) is 0. The first kappa shape index (κ1) is 15.8. The highest BCUT2D eigenvalue weighted by molar-refractivity contribution is 5.80. The fourth-order valence-electron chi connectivity index (χ4n) is 2.29. The van der Waals surface area contributed by atoms with Crippen molar-refractivity contribution in [1.29, 1.82) is 0 Å². The molecule has 1 aromatic carbocycles. The topological polar surface area (TPSA) is 53.6 Å². The Morgan fingerprint density at radius 1 is 1.33 bits per heavy atom. The smallest absolute Gasteiger partial charge is 0.260 e. The number of rotatable bonds is 6. The molecule has 21 heavy (non-hydrogen) atoms. The van der Waals surface area contributed by atoms with E-state index in [1.807, 2.05) is 31.2 Å². The number of benzene rings is 1. The number of amides is 1. The van der Waals surface area contributed by atoms with E-state index in [0.717, 1.165) is 38.5 Å². The largest absolute Gasteiger partial charge is 0.481 e. The van der Waals surface area contributed by atoms with Crippen LogP contribution in [0.5, 0.6) is 5.75 Å². The summed E-state index contributed by atoms with van der Waals surface area (Å²) in [6, 6.07) is 7.73. The van der Waals surface area contributed by atoms with Crippen LogP contribution < -0.4 is 15.4 Å². The van der Waals surface area contributed by atoms with Gasteiger partial charge in [-0.25, -0.2) is 0 Å². The van der Waals surface area contributed by atoms with Crippen molar-refractivity contribution in [2.75, 3.05) is 39.3 Å². The van der Waals surface area contributed by atoms with Gasteiger partial charge in [0.1, 0.15) is 5.75 Å². The van der Waals surface area contributed by atoms with Crippen LogP contribution in [0.4, 0.5) is 0 Å². The molecule has 2 N–H and O–H groups in total. The third-order valence-corrected chi connectivity index (χ3v) is 3.64. The maximum atomic E-state index is 12.0. The van der Waals surface area contributed by atoms with E-state index in [4.69, 9.17) is 4.74 Å². The molecule has 1 atom stereocenters. The van der Waals surface area contributed by atoms with E-state index in [9.17, 15) is 4.79 Å². The molecule has 1 fully saturated rings. The van der Waals surface area contributed by atoms with Crippen LogP contribution in [0.3, 0.4) is 0 Å². The molecule has 5 heteroatoms. The lowest BCUT2D eigenvalue weighted by Crippen LogP contribution is -2.47. The highest BCUT2D eigenvalue weighted by atomic mass is 16.5. The van der Waals surface area contributed by atoms with Gasteiger partial charge in [-0.15, -0.1) is 0 Å². The Morgan fingerprint density at radius 2 is 2.00 bits per heavy atom. The van der Waals surface area contributed by atoms with Crippen LogP contribution in [0.1, 0.15) is 12.5 Å². The molecular weight excluding hydrogens is 266 g/mol. The molecule has 1 unspecified atom stereocenters. The van der Waals surface area contributed by atoms with Gasteiger partial charge in [-0.05, 0) is 26.0 Å². The Kier molecular flexibility index (Phi) is 6.02. The van der Waals surface area contributed by atoms with Crippen LogP contribution in [-0.2, 0) is 4.79 Å². The van der Waals surface area contributed by atoms with Crippen LogP contribution >= 0.6 is 0 Å². The van der Waals surface area contributed by atoms with Crippen LogP contribution in [0, 0.1) is 6.92 Å². The summed E-state index contributed by atoms with van der Waals surface area (Å²) in [5.41, 5.74) is 1.18. The van der Waals surface area contributed by atoms with E-state index in [1.54, 1.807) is 6.92 Å². The summed E-state index contributed by atoms with van der Waals surface area (Å²) in [5, 5.41) is 6.25. The van der Waals surface area contributed by atoms with Gasteiger partial charge >= 0.3 is 0 Å². The Morgan fingerprint density at radius 3 is 2.67 bits per heavy atom. The summed E-state index contributed by atoms with van der Waals surface area (Å²) >= 11 is 0. The maximum absolute atomic E-state index is 12.0. The van der Waals surface area contributed by atoms with Crippen LogP contribution in [0.2, 0.25) is 0 Å². The Balaban J connectivity index is 1.68. The van der Waals surface area contributed by atoms with Gasteiger partial charge < -0.3 is 15.4 Å². The van der Waals surface area contributed by atoms with E-state index in [1.165, 1.54) is 5.56 Å². The predicted molar refractivity (Wildman–Crippen MR) is 83.6 cm³/mol. The second-order valence-corrected chi connectivity index (χ2v) is 5.46. The summed E-state index contributed by atoms with van der Waals surface area (Å²) < 4.78 is 5.64. The normalized spacial score (nSPS) is 17.2. The zero-order valence-electron chi connectivity index (χ0n) is 12.9. The minimum absolute atomic E-state index is 0.0642. The van der Waals surface area contributed by atoms with Crippen molar-refractivity contribution in [3.05, 3.63) is 29.8 Å². The lowest BCUT2D eigenvalue weighted by atomic mass is 10.2. The summed E-state index contributed by atoms with van der Waals surface area (Å²) in [4.78, 5) is 14.3. The molecule has 0 aliphatic carbocycles. The molecular formula is C16H25N3O2. The van der Waals surface area contributed by atoms with Crippen LogP contribution in [0.15, 0.2) is 24.3 Å². The van der Waals surface area contributed by atoms with Crippen molar-refractivity contribution in [2.45, 2.75) is 20.0 Å². The zero-order chi connectivity index (χ0) is 15.1. The fourth-order valence-corrected chi connectivity index (χ4v) is 2.29. The predicted octanol–water partition coefficient (Wildman–Crippen LogP) is 0.784. The van der Waals surface area contributed by atoms with Crippen molar-refractivity contribution < 1.29 is 9.53 Å². The van der Waals surface area contributed by atoms with Gasteiger partial charge in [0.15, 0.2) is 6.10 Å². The molecule has 5 nitrogen and oxygen atoms in total. The Hall–Kier alpha value is -1.59. The van der Waals surface area contributed by atoms with Gasteiger partial charge in [0, 0.05) is 39.3 Å². The molecule has 0 saturated carbocycles. The van der Waals surface area contributed by atoms with E-state index < -0.39 is 6.10 Å². The number of hydrogen-bond donors (Lipinski definition) is 2. The number of aryl methyl sites for hydroxylation is 1. The minimum atomic E-state index is -0.476. The summed E-state index contributed by atoms with van der Waals surface area (Å²) in [5.74, 6) is 0.663. The maximum Gasteiger partial charge on any atom is 0.260 e. The molecule has 0 spiro atoms. The summed E-state index contributed by atoms with van der Waals surface area (Å²) in [6.07, 6.45) is -0.476. The minimum Gasteiger partial charge on any atom is -0.481 e. The molecule has 1 aliphatic rings. The second-order valence-electron chi connectivity index (χ2n) is 5.46. The molecule has 116 valence electrons. The number of nitrogens with zero attached hydrogens (tertiary/aromatic N) is 1. The highest BCUT2D eigenvalue weighted by Gasteiger charge is 2.15. The second kappa shape index (κ2) is 8.00. The SMILES string of the molecule is Cc1ccc(OC(C)C(=O)NCCN2CCNCC2)cc1. The van der Waals surface area contributed by atoms with E-state index in [-0.39, 0.29) is 5.91 Å². The number of carbonyl (C=O) groups is 1. The van der Waals surface area contributed by atoms with Gasteiger partial charge in [0.05, 0.1) is 0 Å². The van der Waals surface area contributed by atoms with Crippen molar-refractivity contribution >= 4 is 5.91 Å². The quantitative estimate of drug-likeness (QED) is 0.813. The molecule has 1 aliphatic heterocycles. The van der Waals surface area contributed by atoms with Crippen LogP contribution in [0.25, 0.3) is 0 Å². The summed E-state index contributed by atoms with van der Waals surface area (Å²) in [6.45, 7) is 9.51. The lowest BCUT2D eigenvalue weighted by Gasteiger charge is -2.27. The molecule has 0 aromatic heterocycles. The van der Waals surface area contributed by atoms with Gasteiger partial charge in [0.25, 0.3) is 5.91 Å². The third-order valence-electron chi connectivity index (χ3n) is 3.64. The Labute approximate surface area is 126 Å². The molecule has 0 bridgehead atoms. The molecule has 0 radical (unpaired) electrons. The van der Waals surface area contributed by atoms with Crippen LogP contribution in [-0.4, -0.2) is 56.2 Å². The van der Waals surface area contributed by atoms with Gasteiger partial charge in [-0.3, -0.25) is 9.69 Å².